The van der Waals surface area contributed by atoms with E-state index in [1.807, 2.05) is 31.2 Å². The standard InChI is InChI=1S/C14H18N4O/c1-3-4-11(2)14(19)17-12-5-7-13(8-6-12)18-10-15-9-16-18/h5-11H,3-4H2,1-2H3,(H,17,19). The molecule has 0 aliphatic heterocycles. The second-order valence-electron chi connectivity index (χ2n) is 4.57. The van der Waals surface area contributed by atoms with Crippen molar-refractivity contribution in [3.63, 3.8) is 0 Å². The summed E-state index contributed by atoms with van der Waals surface area (Å²) in [5.74, 6) is 0.107. The number of carbonyl (C=O) groups excluding carboxylic acids is 1. The van der Waals surface area contributed by atoms with Gasteiger partial charge in [0.2, 0.25) is 5.91 Å². The van der Waals surface area contributed by atoms with Crippen molar-refractivity contribution in [3.05, 3.63) is 36.9 Å². The van der Waals surface area contributed by atoms with E-state index in [2.05, 4.69) is 22.3 Å². The predicted molar refractivity (Wildman–Crippen MR) is 74.1 cm³/mol. The van der Waals surface area contributed by atoms with Gasteiger partial charge in [-0.1, -0.05) is 20.3 Å². The maximum atomic E-state index is 11.9. The minimum atomic E-state index is 0.0417. The zero-order chi connectivity index (χ0) is 13.7. The molecule has 0 radical (unpaired) electrons. The molecule has 0 aliphatic carbocycles. The third-order valence-corrected chi connectivity index (χ3v) is 2.99. The number of aromatic nitrogens is 3. The van der Waals surface area contributed by atoms with Crippen molar-refractivity contribution >= 4 is 11.6 Å². The van der Waals surface area contributed by atoms with Gasteiger partial charge in [0.1, 0.15) is 12.7 Å². The van der Waals surface area contributed by atoms with Crippen molar-refractivity contribution in [1.82, 2.24) is 14.8 Å². The number of rotatable bonds is 5. The summed E-state index contributed by atoms with van der Waals surface area (Å²) in [4.78, 5) is 15.8. The normalized spacial score (nSPS) is 12.1. The van der Waals surface area contributed by atoms with Gasteiger partial charge < -0.3 is 5.32 Å². The summed E-state index contributed by atoms with van der Waals surface area (Å²) in [5, 5.41) is 6.96. The van der Waals surface area contributed by atoms with Gasteiger partial charge in [0.25, 0.3) is 0 Å². The maximum Gasteiger partial charge on any atom is 0.227 e. The van der Waals surface area contributed by atoms with Gasteiger partial charge in [0.05, 0.1) is 5.69 Å². The van der Waals surface area contributed by atoms with E-state index in [9.17, 15) is 4.79 Å². The van der Waals surface area contributed by atoms with Crippen LogP contribution < -0.4 is 5.32 Å². The Balaban J connectivity index is 2.01. The Morgan fingerprint density at radius 3 is 2.68 bits per heavy atom. The maximum absolute atomic E-state index is 11.9. The Hall–Kier alpha value is -2.17. The van der Waals surface area contributed by atoms with Crippen LogP contribution in [-0.2, 0) is 4.79 Å². The molecule has 1 atom stereocenters. The first-order valence-electron chi connectivity index (χ1n) is 6.46. The van der Waals surface area contributed by atoms with Crippen LogP contribution in [0.4, 0.5) is 5.69 Å². The predicted octanol–water partition coefficient (Wildman–Crippen LogP) is 2.64. The molecule has 1 aromatic heterocycles. The quantitative estimate of drug-likeness (QED) is 0.896. The lowest BCUT2D eigenvalue weighted by Gasteiger charge is -2.11. The molecule has 2 aromatic rings. The summed E-state index contributed by atoms with van der Waals surface area (Å²) in [7, 11) is 0. The molecule has 0 fully saturated rings. The van der Waals surface area contributed by atoms with E-state index in [1.54, 1.807) is 11.0 Å². The SMILES string of the molecule is CCCC(C)C(=O)Nc1ccc(-n2cncn2)cc1. The van der Waals surface area contributed by atoms with E-state index >= 15 is 0 Å². The Kier molecular flexibility index (Phi) is 4.28. The van der Waals surface area contributed by atoms with E-state index in [0.29, 0.717) is 0 Å². The molecule has 1 amide bonds. The average Bonchev–Trinajstić information content (AvgIpc) is 2.94. The molecule has 1 unspecified atom stereocenters. The van der Waals surface area contributed by atoms with Crippen LogP contribution in [0, 0.1) is 5.92 Å². The first-order valence-corrected chi connectivity index (χ1v) is 6.46. The highest BCUT2D eigenvalue weighted by atomic mass is 16.1. The number of hydrogen-bond donors (Lipinski definition) is 1. The number of nitrogens with zero attached hydrogens (tertiary/aromatic N) is 3. The fraction of sp³-hybridized carbons (Fsp3) is 0.357. The highest BCUT2D eigenvalue weighted by Crippen LogP contribution is 2.14. The molecular formula is C14H18N4O. The van der Waals surface area contributed by atoms with E-state index < -0.39 is 0 Å². The third-order valence-electron chi connectivity index (χ3n) is 2.99. The Morgan fingerprint density at radius 1 is 1.37 bits per heavy atom. The minimum Gasteiger partial charge on any atom is -0.326 e. The van der Waals surface area contributed by atoms with Crippen LogP contribution in [0.3, 0.4) is 0 Å². The molecule has 0 saturated heterocycles. The summed E-state index contributed by atoms with van der Waals surface area (Å²) in [6, 6.07) is 7.53. The van der Waals surface area contributed by atoms with Gasteiger partial charge in [-0.05, 0) is 30.7 Å². The Labute approximate surface area is 112 Å². The number of benzene rings is 1. The molecular weight excluding hydrogens is 240 g/mol. The van der Waals surface area contributed by atoms with Crippen molar-refractivity contribution in [2.24, 2.45) is 5.92 Å². The second kappa shape index (κ2) is 6.13. The second-order valence-corrected chi connectivity index (χ2v) is 4.57. The lowest BCUT2D eigenvalue weighted by Crippen LogP contribution is -2.20. The molecule has 5 nitrogen and oxygen atoms in total. The van der Waals surface area contributed by atoms with Crippen LogP contribution in [0.15, 0.2) is 36.9 Å². The summed E-state index contributed by atoms with van der Waals surface area (Å²) in [5.41, 5.74) is 1.72. The number of amides is 1. The molecule has 19 heavy (non-hydrogen) atoms. The van der Waals surface area contributed by atoms with Crippen LogP contribution in [0.1, 0.15) is 26.7 Å². The van der Waals surface area contributed by atoms with Crippen LogP contribution >= 0.6 is 0 Å². The molecule has 1 aromatic carbocycles. The molecule has 0 aliphatic rings. The summed E-state index contributed by atoms with van der Waals surface area (Å²) in [6.45, 7) is 4.03. The third kappa shape index (κ3) is 3.40. The Morgan fingerprint density at radius 2 is 2.11 bits per heavy atom. The van der Waals surface area contributed by atoms with Crippen molar-refractivity contribution in [3.8, 4) is 5.69 Å². The number of nitrogens with one attached hydrogen (secondary N) is 1. The smallest absolute Gasteiger partial charge is 0.227 e. The van der Waals surface area contributed by atoms with Crippen molar-refractivity contribution in [2.75, 3.05) is 5.32 Å². The van der Waals surface area contributed by atoms with Gasteiger partial charge in [0, 0.05) is 11.6 Å². The van der Waals surface area contributed by atoms with Gasteiger partial charge in [-0.2, -0.15) is 5.10 Å². The molecule has 0 spiro atoms. The molecule has 2 rings (SSSR count). The fourth-order valence-corrected chi connectivity index (χ4v) is 1.87. The lowest BCUT2D eigenvalue weighted by atomic mass is 10.1. The summed E-state index contributed by atoms with van der Waals surface area (Å²) < 4.78 is 1.67. The molecule has 5 heteroatoms. The monoisotopic (exact) mass is 258 g/mol. The van der Waals surface area contributed by atoms with Gasteiger partial charge in [-0.15, -0.1) is 0 Å². The van der Waals surface area contributed by atoms with Gasteiger partial charge in [-0.25, -0.2) is 9.67 Å². The molecule has 1 heterocycles. The molecule has 0 saturated carbocycles. The van der Waals surface area contributed by atoms with Gasteiger partial charge >= 0.3 is 0 Å². The van der Waals surface area contributed by atoms with Gasteiger partial charge in [0.15, 0.2) is 0 Å². The van der Waals surface area contributed by atoms with Gasteiger partial charge in [-0.3, -0.25) is 4.79 Å². The minimum absolute atomic E-state index is 0.0417. The Bertz CT molecular complexity index is 519. The van der Waals surface area contributed by atoms with Crippen LogP contribution in [0.2, 0.25) is 0 Å². The number of hydrogen-bond acceptors (Lipinski definition) is 3. The van der Waals surface area contributed by atoms with Crippen molar-refractivity contribution in [2.45, 2.75) is 26.7 Å². The lowest BCUT2D eigenvalue weighted by molar-refractivity contribution is -0.119. The topological polar surface area (TPSA) is 59.8 Å². The molecule has 100 valence electrons. The van der Waals surface area contributed by atoms with E-state index in [-0.39, 0.29) is 11.8 Å². The van der Waals surface area contributed by atoms with Crippen molar-refractivity contribution in [1.29, 1.82) is 0 Å². The average molecular weight is 258 g/mol. The largest absolute Gasteiger partial charge is 0.326 e. The van der Waals surface area contributed by atoms with Crippen LogP contribution in [0.25, 0.3) is 5.69 Å². The first-order chi connectivity index (χ1) is 9.20. The van der Waals surface area contributed by atoms with E-state index in [0.717, 1.165) is 24.2 Å². The fourth-order valence-electron chi connectivity index (χ4n) is 1.87. The van der Waals surface area contributed by atoms with E-state index in [4.69, 9.17) is 0 Å². The zero-order valence-corrected chi connectivity index (χ0v) is 11.2. The highest BCUT2D eigenvalue weighted by molar-refractivity contribution is 5.92. The van der Waals surface area contributed by atoms with Crippen LogP contribution in [-0.4, -0.2) is 20.7 Å². The molecule has 0 bridgehead atoms. The summed E-state index contributed by atoms with van der Waals surface area (Å²) in [6.07, 6.45) is 5.04. The highest BCUT2D eigenvalue weighted by Gasteiger charge is 2.11. The first kappa shape index (κ1) is 13.3. The van der Waals surface area contributed by atoms with Crippen LogP contribution in [0.5, 0.6) is 0 Å². The van der Waals surface area contributed by atoms with E-state index in [1.165, 1.54) is 6.33 Å². The number of anilines is 1. The van der Waals surface area contributed by atoms with Crippen molar-refractivity contribution < 1.29 is 4.79 Å². The zero-order valence-electron chi connectivity index (χ0n) is 11.2. The molecule has 1 N–H and O–H groups in total. The summed E-state index contributed by atoms with van der Waals surface area (Å²) >= 11 is 0. The number of carbonyl (C=O) groups is 1.